The highest BCUT2D eigenvalue weighted by Gasteiger charge is 2.07. The SMILES string of the molecule is CCCN(CCC)c1cc(=O)[nH]c(CC)n1. The Kier molecular flexibility index (Phi) is 5.02. The first-order chi connectivity index (χ1) is 7.71. The van der Waals surface area contributed by atoms with Crippen LogP contribution in [0.25, 0.3) is 0 Å². The van der Waals surface area contributed by atoms with E-state index in [1.54, 1.807) is 6.07 Å². The van der Waals surface area contributed by atoms with Crippen LogP contribution >= 0.6 is 0 Å². The van der Waals surface area contributed by atoms with Gasteiger partial charge in [0.2, 0.25) is 0 Å². The van der Waals surface area contributed by atoms with Crippen molar-refractivity contribution in [2.75, 3.05) is 18.0 Å². The molecule has 0 aromatic carbocycles. The summed E-state index contributed by atoms with van der Waals surface area (Å²) >= 11 is 0. The Bertz CT molecular complexity index is 367. The van der Waals surface area contributed by atoms with E-state index in [2.05, 4.69) is 28.7 Å². The Labute approximate surface area is 96.7 Å². The Hall–Kier alpha value is -1.32. The molecule has 0 fully saturated rings. The summed E-state index contributed by atoms with van der Waals surface area (Å²) in [5.74, 6) is 1.57. The van der Waals surface area contributed by atoms with Crippen LogP contribution < -0.4 is 10.5 Å². The highest BCUT2D eigenvalue weighted by Crippen LogP contribution is 2.09. The summed E-state index contributed by atoms with van der Waals surface area (Å²) in [4.78, 5) is 20.8. The summed E-state index contributed by atoms with van der Waals surface area (Å²) in [5, 5.41) is 0. The van der Waals surface area contributed by atoms with E-state index >= 15 is 0 Å². The predicted molar refractivity (Wildman–Crippen MR) is 67.0 cm³/mol. The molecule has 1 rings (SSSR count). The van der Waals surface area contributed by atoms with Crippen LogP contribution in [-0.2, 0) is 6.42 Å². The zero-order valence-electron chi connectivity index (χ0n) is 10.4. The summed E-state index contributed by atoms with van der Waals surface area (Å²) in [5.41, 5.74) is -0.0564. The van der Waals surface area contributed by atoms with Crippen molar-refractivity contribution in [2.24, 2.45) is 0 Å². The van der Waals surface area contributed by atoms with Crippen LogP contribution in [0.2, 0.25) is 0 Å². The average Bonchev–Trinajstić information content (AvgIpc) is 2.28. The number of H-pyrrole nitrogens is 1. The van der Waals surface area contributed by atoms with Gasteiger partial charge in [0.25, 0.3) is 5.56 Å². The summed E-state index contributed by atoms with van der Waals surface area (Å²) in [6.45, 7) is 8.17. The Morgan fingerprint density at radius 2 is 1.88 bits per heavy atom. The van der Waals surface area contributed by atoms with E-state index in [0.717, 1.165) is 44.0 Å². The number of rotatable bonds is 6. The molecule has 90 valence electrons. The lowest BCUT2D eigenvalue weighted by Gasteiger charge is -2.22. The van der Waals surface area contributed by atoms with Gasteiger partial charge in [-0.25, -0.2) is 4.98 Å². The van der Waals surface area contributed by atoms with Crippen molar-refractivity contribution in [3.63, 3.8) is 0 Å². The highest BCUT2D eigenvalue weighted by molar-refractivity contribution is 5.37. The molecule has 1 aromatic heterocycles. The molecule has 0 saturated carbocycles. The predicted octanol–water partition coefficient (Wildman–Crippen LogP) is 1.96. The number of aromatic nitrogens is 2. The molecule has 0 bridgehead atoms. The van der Waals surface area contributed by atoms with Gasteiger partial charge in [0.15, 0.2) is 0 Å². The van der Waals surface area contributed by atoms with Crippen molar-refractivity contribution in [2.45, 2.75) is 40.0 Å². The van der Waals surface area contributed by atoms with Gasteiger partial charge in [0.05, 0.1) is 0 Å². The van der Waals surface area contributed by atoms with E-state index < -0.39 is 0 Å². The lowest BCUT2D eigenvalue weighted by molar-refractivity contribution is 0.726. The van der Waals surface area contributed by atoms with Crippen LogP contribution in [0.1, 0.15) is 39.4 Å². The van der Waals surface area contributed by atoms with Crippen molar-refractivity contribution >= 4 is 5.82 Å². The number of nitrogens with zero attached hydrogens (tertiary/aromatic N) is 2. The zero-order chi connectivity index (χ0) is 12.0. The second kappa shape index (κ2) is 6.30. The first-order valence-corrected chi connectivity index (χ1v) is 6.06. The summed E-state index contributed by atoms with van der Waals surface area (Å²) in [6.07, 6.45) is 2.89. The molecule has 1 aromatic rings. The van der Waals surface area contributed by atoms with Crippen molar-refractivity contribution < 1.29 is 0 Å². The zero-order valence-corrected chi connectivity index (χ0v) is 10.4. The lowest BCUT2D eigenvalue weighted by Crippen LogP contribution is -2.28. The Morgan fingerprint density at radius 1 is 1.25 bits per heavy atom. The third-order valence-electron chi connectivity index (χ3n) is 2.42. The molecule has 16 heavy (non-hydrogen) atoms. The minimum absolute atomic E-state index is 0.0564. The molecular formula is C12H21N3O. The maximum atomic E-state index is 11.5. The molecule has 0 aliphatic rings. The van der Waals surface area contributed by atoms with E-state index in [4.69, 9.17) is 0 Å². The molecule has 0 amide bonds. The van der Waals surface area contributed by atoms with Gasteiger partial charge in [0.1, 0.15) is 11.6 Å². The second-order valence-corrected chi connectivity index (χ2v) is 3.89. The van der Waals surface area contributed by atoms with Gasteiger partial charge in [-0.2, -0.15) is 0 Å². The maximum absolute atomic E-state index is 11.5. The van der Waals surface area contributed by atoms with Gasteiger partial charge in [-0.05, 0) is 12.8 Å². The first kappa shape index (κ1) is 12.7. The van der Waals surface area contributed by atoms with Crippen molar-refractivity contribution in [3.05, 3.63) is 22.2 Å². The van der Waals surface area contributed by atoms with Gasteiger partial charge < -0.3 is 9.88 Å². The van der Waals surface area contributed by atoms with Crippen molar-refractivity contribution in [1.82, 2.24) is 9.97 Å². The van der Waals surface area contributed by atoms with Crippen LogP contribution in [0, 0.1) is 0 Å². The van der Waals surface area contributed by atoms with Gasteiger partial charge in [-0.1, -0.05) is 20.8 Å². The molecule has 0 radical (unpaired) electrons. The van der Waals surface area contributed by atoms with Crippen LogP contribution in [0.3, 0.4) is 0 Å². The molecule has 4 heteroatoms. The van der Waals surface area contributed by atoms with E-state index in [-0.39, 0.29) is 5.56 Å². The second-order valence-electron chi connectivity index (χ2n) is 3.89. The third kappa shape index (κ3) is 3.36. The number of aryl methyl sites for hydroxylation is 1. The van der Waals surface area contributed by atoms with Gasteiger partial charge in [-0.3, -0.25) is 4.79 Å². The topological polar surface area (TPSA) is 49.0 Å². The first-order valence-electron chi connectivity index (χ1n) is 6.06. The van der Waals surface area contributed by atoms with E-state index in [0.29, 0.717) is 0 Å². The molecule has 0 unspecified atom stereocenters. The average molecular weight is 223 g/mol. The fourth-order valence-corrected chi connectivity index (χ4v) is 1.70. The standard InChI is InChI=1S/C12H21N3O/c1-4-7-15(8-5-2)11-9-12(16)14-10(6-3)13-11/h9H,4-8H2,1-3H3,(H,13,14,16). The lowest BCUT2D eigenvalue weighted by atomic mass is 10.3. The Morgan fingerprint density at radius 3 is 2.38 bits per heavy atom. The summed E-state index contributed by atoms with van der Waals surface area (Å²) < 4.78 is 0. The molecular weight excluding hydrogens is 202 g/mol. The molecule has 0 aliphatic heterocycles. The smallest absolute Gasteiger partial charge is 0.252 e. The van der Waals surface area contributed by atoms with Crippen molar-refractivity contribution in [1.29, 1.82) is 0 Å². The minimum atomic E-state index is -0.0564. The van der Waals surface area contributed by atoms with Crippen LogP contribution in [0.4, 0.5) is 5.82 Å². The largest absolute Gasteiger partial charge is 0.356 e. The fourth-order valence-electron chi connectivity index (χ4n) is 1.70. The van der Waals surface area contributed by atoms with E-state index in [9.17, 15) is 4.79 Å². The Balaban J connectivity index is 2.98. The number of nitrogens with one attached hydrogen (secondary N) is 1. The summed E-state index contributed by atoms with van der Waals surface area (Å²) in [7, 11) is 0. The van der Waals surface area contributed by atoms with Crippen molar-refractivity contribution in [3.8, 4) is 0 Å². The molecule has 1 N–H and O–H groups in total. The highest BCUT2D eigenvalue weighted by atomic mass is 16.1. The molecule has 1 heterocycles. The monoisotopic (exact) mass is 223 g/mol. The fraction of sp³-hybridized carbons (Fsp3) is 0.667. The van der Waals surface area contributed by atoms with Crippen LogP contribution in [0.5, 0.6) is 0 Å². The van der Waals surface area contributed by atoms with E-state index in [1.165, 1.54) is 0 Å². The summed E-state index contributed by atoms with van der Waals surface area (Å²) in [6, 6.07) is 1.59. The molecule has 0 spiro atoms. The number of aromatic amines is 1. The van der Waals surface area contributed by atoms with Gasteiger partial charge in [0, 0.05) is 25.6 Å². The van der Waals surface area contributed by atoms with Gasteiger partial charge in [-0.15, -0.1) is 0 Å². The molecule has 4 nitrogen and oxygen atoms in total. The number of hydrogen-bond acceptors (Lipinski definition) is 3. The molecule has 0 saturated heterocycles. The van der Waals surface area contributed by atoms with Gasteiger partial charge >= 0.3 is 0 Å². The third-order valence-corrected chi connectivity index (χ3v) is 2.42. The van der Waals surface area contributed by atoms with Crippen LogP contribution in [-0.4, -0.2) is 23.1 Å². The molecule has 0 atom stereocenters. The minimum Gasteiger partial charge on any atom is -0.356 e. The van der Waals surface area contributed by atoms with Crippen LogP contribution in [0.15, 0.2) is 10.9 Å². The number of anilines is 1. The normalized spacial score (nSPS) is 10.4. The number of hydrogen-bond donors (Lipinski definition) is 1. The van der Waals surface area contributed by atoms with E-state index in [1.807, 2.05) is 6.92 Å². The maximum Gasteiger partial charge on any atom is 0.252 e. The molecule has 0 aliphatic carbocycles. The quantitative estimate of drug-likeness (QED) is 0.802.